The van der Waals surface area contributed by atoms with E-state index in [1.807, 2.05) is 29.7 Å². The van der Waals surface area contributed by atoms with E-state index in [0.29, 0.717) is 6.54 Å². The molecule has 3 aromatic rings. The number of phenolic OH excluding ortho intramolecular Hbond substituents is 2. The first-order valence-corrected chi connectivity index (χ1v) is 8.48. The van der Waals surface area contributed by atoms with Crippen LogP contribution in [-0.4, -0.2) is 38.9 Å². The van der Waals surface area contributed by atoms with Gasteiger partial charge in [-0.2, -0.15) is 0 Å². The zero-order chi connectivity index (χ0) is 17.4. The maximum atomic E-state index is 9.85. The van der Waals surface area contributed by atoms with Crippen LogP contribution in [0.1, 0.15) is 18.4 Å². The molecular formula is C19H21N3O3. The van der Waals surface area contributed by atoms with E-state index >= 15 is 0 Å². The fourth-order valence-corrected chi connectivity index (χ4v) is 3.20. The quantitative estimate of drug-likeness (QED) is 0.636. The van der Waals surface area contributed by atoms with Crippen molar-refractivity contribution in [1.29, 1.82) is 0 Å². The largest absolute Gasteiger partial charge is 0.504 e. The molecule has 1 aromatic carbocycles. The third kappa shape index (κ3) is 3.00. The van der Waals surface area contributed by atoms with Crippen molar-refractivity contribution in [3.05, 3.63) is 42.1 Å². The fourth-order valence-electron chi connectivity index (χ4n) is 3.20. The number of phenols is 2. The second-order valence-corrected chi connectivity index (χ2v) is 6.46. The number of imidazole rings is 1. The molecule has 0 amide bonds. The van der Waals surface area contributed by atoms with Crippen molar-refractivity contribution >= 4 is 11.5 Å². The molecule has 0 saturated carbocycles. The van der Waals surface area contributed by atoms with Crippen molar-refractivity contribution in [2.75, 3.05) is 18.5 Å². The number of rotatable bonds is 4. The zero-order valence-corrected chi connectivity index (χ0v) is 14.1. The van der Waals surface area contributed by atoms with E-state index in [1.165, 1.54) is 12.1 Å². The van der Waals surface area contributed by atoms with Gasteiger partial charge in [0.1, 0.15) is 17.2 Å². The zero-order valence-electron chi connectivity index (χ0n) is 14.1. The van der Waals surface area contributed by atoms with Crippen LogP contribution < -0.4 is 5.32 Å². The summed E-state index contributed by atoms with van der Waals surface area (Å²) in [7, 11) is 0. The van der Waals surface area contributed by atoms with Gasteiger partial charge >= 0.3 is 0 Å². The Kier molecular flexibility index (Phi) is 3.97. The standard InChI is InChI=1S/C19H21N3O3/c1-12-6-7-22-17(9-12)21-18(13-4-5-15(23)16(24)10-13)19(22)20-11-14-3-2-8-25-14/h4-7,9-10,14,20,23-24H,2-3,8,11H2,1H3/t14-/m1/s1. The lowest BCUT2D eigenvalue weighted by molar-refractivity contribution is 0.120. The lowest BCUT2D eigenvalue weighted by atomic mass is 10.1. The lowest BCUT2D eigenvalue weighted by Gasteiger charge is -2.13. The van der Waals surface area contributed by atoms with Crippen molar-refractivity contribution in [2.45, 2.75) is 25.9 Å². The first kappa shape index (κ1) is 15.8. The Morgan fingerprint density at radius 3 is 2.88 bits per heavy atom. The van der Waals surface area contributed by atoms with Crippen LogP contribution in [0.25, 0.3) is 16.9 Å². The molecule has 1 saturated heterocycles. The van der Waals surface area contributed by atoms with Crippen LogP contribution in [0.2, 0.25) is 0 Å². The number of aromatic hydroxyl groups is 2. The van der Waals surface area contributed by atoms with Crippen LogP contribution in [0.3, 0.4) is 0 Å². The van der Waals surface area contributed by atoms with E-state index in [9.17, 15) is 10.2 Å². The van der Waals surface area contributed by atoms with Crippen LogP contribution in [0, 0.1) is 6.92 Å². The van der Waals surface area contributed by atoms with Gasteiger partial charge in [-0.1, -0.05) is 0 Å². The Morgan fingerprint density at radius 1 is 1.24 bits per heavy atom. The molecule has 4 rings (SSSR count). The fraction of sp³-hybridized carbons (Fsp3) is 0.316. The van der Waals surface area contributed by atoms with Gasteiger partial charge in [0.05, 0.1) is 6.10 Å². The number of fused-ring (bicyclic) bond motifs is 1. The second kappa shape index (κ2) is 6.29. The number of hydrogen-bond acceptors (Lipinski definition) is 5. The Hall–Kier alpha value is -2.73. The molecular weight excluding hydrogens is 318 g/mol. The molecule has 1 atom stereocenters. The van der Waals surface area contributed by atoms with Crippen LogP contribution in [-0.2, 0) is 4.74 Å². The summed E-state index contributed by atoms with van der Waals surface area (Å²) in [4.78, 5) is 4.73. The van der Waals surface area contributed by atoms with Gasteiger partial charge in [0.15, 0.2) is 11.5 Å². The van der Waals surface area contributed by atoms with Gasteiger partial charge in [0.25, 0.3) is 0 Å². The Morgan fingerprint density at radius 2 is 2.12 bits per heavy atom. The van der Waals surface area contributed by atoms with Crippen molar-refractivity contribution < 1.29 is 14.9 Å². The van der Waals surface area contributed by atoms with E-state index in [4.69, 9.17) is 9.72 Å². The number of aromatic nitrogens is 2. The molecule has 3 N–H and O–H groups in total. The smallest absolute Gasteiger partial charge is 0.158 e. The molecule has 25 heavy (non-hydrogen) atoms. The average molecular weight is 339 g/mol. The Labute approximate surface area is 145 Å². The summed E-state index contributed by atoms with van der Waals surface area (Å²) in [6, 6.07) is 8.80. The first-order valence-electron chi connectivity index (χ1n) is 8.48. The molecule has 3 heterocycles. The van der Waals surface area contributed by atoms with Crippen LogP contribution >= 0.6 is 0 Å². The van der Waals surface area contributed by atoms with E-state index in [-0.39, 0.29) is 17.6 Å². The monoisotopic (exact) mass is 339 g/mol. The van der Waals surface area contributed by atoms with Gasteiger partial charge in [-0.3, -0.25) is 4.40 Å². The van der Waals surface area contributed by atoms with E-state index in [1.54, 1.807) is 6.07 Å². The van der Waals surface area contributed by atoms with Gasteiger partial charge in [-0.05, 0) is 55.7 Å². The minimum Gasteiger partial charge on any atom is -0.504 e. The number of nitrogens with one attached hydrogen (secondary N) is 1. The molecule has 2 aromatic heterocycles. The van der Waals surface area contributed by atoms with E-state index in [2.05, 4.69) is 5.32 Å². The minimum absolute atomic E-state index is 0.141. The van der Waals surface area contributed by atoms with Gasteiger partial charge in [0.2, 0.25) is 0 Å². The molecule has 0 radical (unpaired) electrons. The first-order chi connectivity index (χ1) is 12.1. The predicted octanol–water partition coefficient (Wildman–Crippen LogP) is 3.31. The number of benzene rings is 1. The van der Waals surface area contributed by atoms with Crippen LogP contribution in [0.5, 0.6) is 11.5 Å². The topological polar surface area (TPSA) is 79.0 Å². The molecule has 0 unspecified atom stereocenters. The number of pyridine rings is 1. The molecule has 1 aliphatic heterocycles. The second-order valence-electron chi connectivity index (χ2n) is 6.46. The van der Waals surface area contributed by atoms with Crippen molar-refractivity contribution in [3.8, 4) is 22.8 Å². The summed E-state index contributed by atoms with van der Waals surface area (Å²) >= 11 is 0. The van der Waals surface area contributed by atoms with Crippen molar-refractivity contribution in [1.82, 2.24) is 9.38 Å². The molecule has 130 valence electrons. The number of hydrogen-bond donors (Lipinski definition) is 3. The van der Waals surface area contributed by atoms with E-state index < -0.39 is 0 Å². The summed E-state index contributed by atoms with van der Waals surface area (Å²) in [5.74, 6) is 0.559. The van der Waals surface area contributed by atoms with Gasteiger partial charge in [-0.15, -0.1) is 0 Å². The molecule has 0 spiro atoms. The van der Waals surface area contributed by atoms with Gasteiger partial charge in [-0.25, -0.2) is 4.98 Å². The van der Waals surface area contributed by atoms with Gasteiger partial charge in [0, 0.05) is 24.9 Å². The molecule has 1 fully saturated rings. The van der Waals surface area contributed by atoms with Crippen molar-refractivity contribution in [3.63, 3.8) is 0 Å². The number of aryl methyl sites for hydroxylation is 1. The lowest BCUT2D eigenvalue weighted by Crippen LogP contribution is -2.19. The molecule has 6 nitrogen and oxygen atoms in total. The van der Waals surface area contributed by atoms with E-state index in [0.717, 1.165) is 47.7 Å². The van der Waals surface area contributed by atoms with Crippen LogP contribution in [0.15, 0.2) is 36.5 Å². The summed E-state index contributed by atoms with van der Waals surface area (Å²) in [6.07, 6.45) is 4.34. The average Bonchev–Trinajstić information content (AvgIpc) is 3.22. The Bertz CT molecular complexity index is 914. The summed E-state index contributed by atoms with van der Waals surface area (Å²) < 4.78 is 7.70. The maximum absolute atomic E-state index is 9.85. The minimum atomic E-state index is -0.157. The third-order valence-corrected chi connectivity index (χ3v) is 4.55. The highest BCUT2D eigenvalue weighted by Gasteiger charge is 2.19. The SMILES string of the molecule is Cc1ccn2c(NC[C@H]3CCCO3)c(-c3ccc(O)c(O)c3)nc2c1. The number of ether oxygens (including phenoxy) is 1. The summed E-state index contributed by atoms with van der Waals surface area (Å²) in [6.45, 7) is 3.55. The number of anilines is 1. The molecule has 6 heteroatoms. The van der Waals surface area contributed by atoms with Crippen molar-refractivity contribution in [2.24, 2.45) is 0 Å². The van der Waals surface area contributed by atoms with Gasteiger partial charge < -0.3 is 20.3 Å². The predicted molar refractivity (Wildman–Crippen MR) is 96.2 cm³/mol. The molecule has 0 bridgehead atoms. The highest BCUT2D eigenvalue weighted by Crippen LogP contribution is 2.34. The maximum Gasteiger partial charge on any atom is 0.158 e. The molecule has 0 aliphatic carbocycles. The highest BCUT2D eigenvalue weighted by molar-refractivity contribution is 5.78. The highest BCUT2D eigenvalue weighted by atomic mass is 16.5. The molecule has 1 aliphatic rings. The number of nitrogens with zero attached hydrogens (tertiary/aromatic N) is 2. The third-order valence-electron chi connectivity index (χ3n) is 4.55. The van der Waals surface area contributed by atoms with Crippen LogP contribution in [0.4, 0.5) is 5.82 Å². The normalized spacial score (nSPS) is 17.2. The Balaban J connectivity index is 1.77. The summed E-state index contributed by atoms with van der Waals surface area (Å²) in [5.41, 5.74) is 3.44. The summed E-state index contributed by atoms with van der Waals surface area (Å²) in [5, 5.41) is 22.9.